The van der Waals surface area contributed by atoms with Crippen molar-refractivity contribution >= 4 is 46.1 Å². The zero-order valence-electron chi connectivity index (χ0n) is 22.9. The van der Waals surface area contributed by atoms with E-state index >= 15 is 0 Å². The maximum absolute atomic E-state index is 14.1. The van der Waals surface area contributed by atoms with E-state index in [1.54, 1.807) is 30.3 Å². The normalized spacial score (nSPS) is 13.4. The molecule has 0 saturated carbocycles. The fraction of sp³-hybridized carbons (Fsp3) is 0.448. The standard InChI is InChI=1S/C29H39N3O3S2/c1-29(2,3)35-28(34)32(6)26(18-21-14-15-22-11-8-9-12-23(22)17-21)27(33)31(5)24(20-30(4)36-7)19-25-13-10-16-37-25/h8-17,24,26H,18-20H2,1-7H3/t24-,26-/m1/s1. The molecule has 2 amide bonds. The third-order valence-corrected chi connectivity index (χ3v) is 8.04. The Morgan fingerprint density at radius 3 is 2.27 bits per heavy atom. The van der Waals surface area contributed by atoms with Crippen LogP contribution >= 0.6 is 23.3 Å². The number of hydrogen-bond acceptors (Lipinski definition) is 6. The van der Waals surface area contributed by atoms with Crippen LogP contribution in [-0.2, 0) is 22.4 Å². The van der Waals surface area contributed by atoms with E-state index in [1.807, 2.05) is 70.3 Å². The number of fused-ring (bicyclic) bond motifs is 1. The number of rotatable bonds is 10. The van der Waals surface area contributed by atoms with Crippen molar-refractivity contribution in [2.75, 3.05) is 33.9 Å². The number of nitrogens with zero attached hydrogens (tertiary/aromatic N) is 3. The number of ether oxygens (including phenoxy) is 1. The number of hydrogen-bond donors (Lipinski definition) is 0. The fourth-order valence-electron chi connectivity index (χ4n) is 4.21. The van der Waals surface area contributed by atoms with E-state index in [9.17, 15) is 9.59 Å². The van der Waals surface area contributed by atoms with Crippen molar-refractivity contribution in [1.29, 1.82) is 0 Å². The number of carbonyl (C=O) groups excluding carboxylic acids is 2. The summed E-state index contributed by atoms with van der Waals surface area (Å²) >= 11 is 3.34. The molecule has 0 aliphatic rings. The van der Waals surface area contributed by atoms with E-state index in [-0.39, 0.29) is 11.9 Å². The second kappa shape index (κ2) is 12.8. The molecule has 3 rings (SSSR count). The lowest BCUT2D eigenvalue weighted by molar-refractivity contribution is -0.137. The highest BCUT2D eigenvalue weighted by Gasteiger charge is 2.35. The van der Waals surface area contributed by atoms with Crippen LogP contribution in [0.1, 0.15) is 31.2 Å². The smallest absolute Gasteiger partial charge is 0.410 e. The minimum absolute atomic E-state index is 0.0465. The Labute approximate surface area is 229 Å². The van der Waals surface area contributed by atoms with Crippen LogP contribution in [0.2, 0.25) is 0 Å². The Morgan fingerprint density at radius 1 is 0.946 bits per heavy atom. The maximum atomic E-state index is 14.1. The van der Waals surface area contributed by atoms with Crippen molar-refractivity contribution < 1.29 is 14.3 Å². The average Bonchev–Trinajstić information content (AvgIpc) is 3.37. The Morgan fingerprint density at radius 2 is 1.65 bits per heavy atom. The molecule has 0 N–H and O–H groups in total. The number of carbonyl (C=O) groups is 2. The zero-order valence-corrected chi connectivity index (χ0v) is 24.6. The number of likely N-dealkylation sites (N-methyl/N-ethyl adjacent to an activating group) is 3. The molecule has 0 spiro atoms. The lowest BCUT2D eigenvalue weighted by atomic mass is 9.99. The molecule has 6 nitrogen and oxygen atoms in total. The van der Waals surface area contributed by atoms with Crippen molar-refractivity contribution in [3.8, 4) is 0 Å². The lowest BCUT2D eigenvalue weighted by Crippen LogP contribution is -2.54. The van der Waals surface area contributed by atoms with Crippen LogP contribution in [0.3, 0.4) is 0 Å². The van der Waals surface area contributed by atoms with Crippen molar-refractivity contribution in [3.05, 3.63) is 70.4 Å². The Balaban J connectivity index is 1.92. The largest absolute Gasteiger partial charge is 0.444 e. The summed E-state index contributed by atoms with van der Waals surface area (Å²) in [6.07, 6.45) is 2.68. The summed E-state index contributed by atoms with van der Waals surface area (Å²) in [6, 6.07) is 17.8. The monoisotopic (exact) mass is 541 g/mol. The fourth-order valence-corrected chi connectivity index (χ4v) is 5.31. The van der Waals surface area contributed by atoms with Crippen LogP contribution < -0.4 is 0 Å². The van der Waals surface area contributed by atoms with Crippen LogP contribution in [0.5, 0.6) is 0 Å². The van der Waals surface area contributed by atoms with E-state index in [1.165, 1.54) is 9.78 Å². The van der Waals surface area contributed by atoms with Gasteiger partial charge in [0.15, 0.2) is 0 Å². The molecule has 3 aromatic rings. The molecule has 0 aliphatic heterocycles. The summed E-state index contributed by atoms with van der Waals surface area (Å²) in [4.78, 5) is 31.7. The van der Waals surface area contributed by atoms with Gasteiger partial charge in [-0.25, -0.2) is 4.79 Å². The van der Waals surface area contributed by atoms with Crippen molar-refractivity contribution in [2.24, 2.45) is 0 Å². The molecule has 2 aromatic carbocycles. The van der Waals surface area contributed by atoms with E-state index in [2.05, 4.69) is 40.0 Å². The molecular weight excluding hydrogens is 502 g/mol. The Hall–Kier alpha value is -2.55. The molecule has 1 heterocycles. The van der Waals surface area contributed by atoms with Crippen LogP contribution in [0.4, 0.5) is 4.79 Å². The second-order valence-corrected chi connectivity index (χ2v) is 12.4. The van der Waals surface area contributed by atoms with Crippen molar-refractivity contribution in [3.63, 3.8) is 0 Å². The Kier molecular flexibility index (Phi) is 10.0. The first-order valence-corrected chi connectivity index (χ1v) is 14.5. The summed E-state index contributed by atoms with van der Waals surface area (Å²) in [7, 11) is 5.54. The summed E-state index contributed by atoms with van der Waals surface area (Å²) in [5.41, 5.74) is 0.341. The van der Waals surface area contributed by atoms with Gasteiger partial charge in [0.1, 0.15) is 11.6 Å². The lowest BCUT2D eigenvalue weighted by Gasteiger charge is -2.36. The topological polar surface area (TPSA) is 53.1 Å². The van der Waals surface area contributed by atoms with Crippen LogP contribution in [0, 0.1) is 0 Å². The van der Waals surface area contributed by atoms with E-state index < -0.39 is 17.7 Å². The molecule has 8 heteroatoms. The van der Waals surface area contributed by atoms with Crippen LogP contribution in [0.25, 0.3) is 10.8 Å². The molecule has 1 aromatic heterocycles. The van der Waals surface area contributed by atoms with Gasteiger partial charge in [0, 0.05) is 44.4 Å². The molecular formula is C29H39N3O3S2. The van der Waals surface area contributed by atoms with Gasteiger partial charge in [0.05, 0.1) is 0 Å². The quantitative estimate of drug-likeness (QED) is 0.297. The molecule has 37 heavy (non-hydrogen) atoms. The molecule has 200 valence electrons. The predicted molar refractivity (Wildman–Crippen MR) is 156 cm³/mol. The third-order valence-electron chi connectivity index (χ3n) is 6.37. The Bertz CT molecular complexity index is 1180. The third kappa shape index (κ3) is 8.22. The predicted octanol–water partition coefficient (Wildman–Crippen LogP) is 5.96. The first-order valence-electron chi connectivity index (χ1n) is 12.5. The van der Waals surface area contributed by atoms with Gasteiger partial charge in [-0.05, 0) is 61.9 Å². The second-order valence-electron chi connectivity index (χ2n) is 10.4. The molecule has 0 unspecified atom stereocenters. The van der Waals surface area contributed by atoms with Gasteiger partial charge in [0.25, 0.3) is 0 Å². The summed E-state index contributed by atoms with van der Waals surface area (Å²) in [5, 5.41) is 4.31. The SMILES string of the molecule is CSN(C)C[C@@H](Cc1cccs1)N(C)C(=O)[C@@H](Cc1ccc2ccccc2c1)N(C)C(=O)OC(C)(C)C. The highest BCUT2D eigenvalue weighted by Crippen LogP contribution is 2.22. The molecule has 0 aliphatic carbocycles. The van der Waals surface area contributed by atoms with Crippen LogP contribution in [0.15, 0.2) is 60.0 Å². The van der Waals surface area contributed by atoms with Gasteiger partial charge in [-0.15, -0.1) is 11.3 Å². The molecule has 0 bridgehead atoms. The summed E-state index contributed by atoms with van der Waals surface area (Å²) in [6.45, 7) is 6.21. The summed E-state index contributed by atoms with van der Waals surface area (Å²) < 4.78 is 7.79. The van der Waals surface area contributed by atoms with E-state index in [0.717, 1.165) is 22.8 Å². The van der Waals surface area contributed by atoms with Gasteiger partial charge in [-0.1, -0.05) is 60.5 Å². The minimum atomic E-state index is -0.702. The highest BCUT2D eigenvalue weighted by molar-refractivity contribution is 7.96. The molecule has 0 radical (unpaired) electrons. The zero-order chi connectivity index (χ0) is 27.2. The van der Waals surface area contributed by atoms with E-state index in [0.29, 0.717) is 13.0 Å². The van der Waals surface area contributed by atoms with Crippen molar-refractivity contribution in [2.45, 2.75) is 51.3 Å². The van der Waals surface area contributed by atoms with E-state index in [4.69, 9.17) is 4.74 Å². The average molecular weight is 542 g/mol. The molecule has 0 fully saturated rings. The van der Waals surface area contributed by atoms with Crippen molar-refractivity contribution in [1.82, 2.24) is 14.1 Å². The molecule has 0 saturated heterocycles. The van der Waals surface area contributed by atoms with Gasteiger partial charge in [-0.3, -0.25) is 14.0 Å². The van der Waals surface area contributed by atoms with Gasteiger partial charge in [0.2, 0.25) is 5.91 Å². The first kappa shape index (κ1) is 29.0. The minimum Gasteiger partial charge on any atom is -0.444 e. The number of benzene rings is 2. The van der Waals surface area contributed by atoms with Gasteiger partial charge < -0.3 is 9.64 Å². The van der Waals surface area contributed by atoms with Gasteiger partial charge in [-0.2, -0.15) is 0 Å². The number of thiophene rings is 1. The first-order chi connectivity index (χ1) is 17.5. The van der Waals surface area contributed by atoms with Gasteiger partial charge >= 0.3 is 6.09 Å². The van der Waals surface area contributed by atoms with Crippen LogP contribution in [-0.4, -0.2) is 77.7 Å². The maximum Gasteiger partial charge on any atom is 0.410 e. The number of amides is 2. The molecule has 2 atom stereocenters. The highest BCUT2D eigenvalue weighted by atomic mass is 32.2. The summed E-state index contributed by atoms with van der Waals surface area (Å²) in [5.74, 6) is -0.0995.